The molecule has 0 heterocycles. The van der Waals surface area contributed by atoms with Crippen molar-refractivity contribution in [3.8, 4) is 0 Å². The number of carboxylic acids is 2. The molecule has 0 saturated heterocycles. The molecule has 0 rings (SSSR count). The van der Waals surface area contributed by atoms with Gasteiger partial charge in [-0.05, 0) is 12.8 Å². The lowest BCUT2D eigenvalue weighted by Crippen LogP contribution is -2.68. The number of carbonyl (C=O) groups is 2. The Kier molecular flexibility index (Phi) is 6.64. The Morgan fingerprint density at radius 2 is 1.20 bits per heavy atom. The van der Waals surface area contributed by atoms with Crippen LogP contribution in [-0.2, 0) is 9.59 Å². The van der Waals surface area contributed by atoms with E-state index in [-0.39, 0.29) is 0 Å². The molecular weight excluding hydrogens is 200 g/mol. The van der Waals surface area contributed by atoms with Crippen molar-refractivity contribution in [3.05, 3.63) is 0 Å². The van der Waals surface area contributed by atoms with Crippen molar-refractivity contribution in [2.75, 3.05) is 0 Å². The van der Waals surface area contributed by atoms with Crippen LogP contribution in [0.4, 0.5) is 0 Å². The molecule has 0 aromatic heterocycles. The standard InChI is InChI=1S/C9H18N2O4/c10-6(8(12)13)4-2-1-3-5-7(11)9(14)15/h6-7H,1-5,10-11H2,(H,12,13)(H,14,15)/t6-,7+. The van der Waals surface area contributed by atoms with Gasteiger partial charge in [0.05, 0.1) is 11.9 Å². The highest BCUT2D eigenvalue weighted by Crippen LogP contribution is 2.04. The molecule has 0 bridgehead atoms. The molecule has 0 fully saturated rings. The third-order valence-corrected chi connectivity index (χ3v) is 2.27. The number of rotatable bonds is 8. The minimum Gasteiger partial charge on any atom is -0.544 e. The molecule has 0 aliphatic heterocycles. The summed E-state index contributed by atoms with van der Waals surface area (Å²) >= 11 is 0. The fraction of sp³-hybridized carbons (Fsp3) is 0.778. The fourth-order valence-electron chi connectivity index (χ4n) is 1.19. The normalized spacial score (nSPS) is 14.5. The first-order chi connectivity index (χ1) is 6.95. The number of hydrogen-bond acceptors (Lipinski definition) is 4. The van der Waals surface area contributed by atoms with Crippen LogP contribution >= 0.6 is 0 Å². The predicted octanol–water partition coefficient (Wildman–Crippen LogP) is -4.34. The molecule has 0 saturated carbocycles. The molecule has 15 heavy (non-hydrogen) atoms. The molecule has 0 radical (unpaired) electrons. The van der Waals surface area contributed by atoms with E-state index in [1.54, 1.807) is 0 Å². The van der Waals surface area contributed by atoms with Gasteiger partial charge < -0.3 is 31.3 Å². The van der Waals surface area contributed by atoms with E-state index in [1.807, 2.05) is 0 Å². The van der Waals surface area contributed by atoms with Gasteiger partial charge in [-0.1, -0.05) is 6.42 Å². The van der Waals surface area contributed by atoms with E-state index in [0.29, 0.717) is 25.7 Å². The van der Waals surface area contributed by atoms with Crippen LogP contribution in [0.2, 0.25) is 0 Å². The molecule has 88 valence electrons. The topological polar surface area (TPSA) is 136 Å². The van der Waals surface area contributed by atoms with Gasteiger partial charge in [-0.3, -0.25) is 0 Å². The quantitative estimate of drug-likeness (QED) is 0.398. The first-order valence-corrected chi connectivity index (χ1v) is 5.03. The van der Waals surface area contributed by atoms with Crippen LogP contribution in [0.1, 0.15) is 32.1 Å². The summed E-state index contributed by atoms with van der Waals surface area (Å²) in [6, 6.07) is -1.36. The third-order valence-electron chi connectivity index (χ3n) is 2.27. The van der Waals surface area contributed by atoms with Crippen molar-refractivity contribution in [1.29, 1.82) is 0 Å². The van der Waals surface area contributed by atoms with Crippen molar-refractivity contribution in [1.82, 2.24) is 0 Å². The largest absolute Gasteiger partial charge is 0.544 e. The maximum Gasteiger partial charge on any atom is 0.124 e. The Bertz CT molecular complexity index is 198. The summed E-state index contributed by atoms with van der Waals surface area (Å²) in [6.07, 6.45) is 3.13. The van der Waals surface area contributed by atoms with Crippen LogP contribution < -0.4 is 21.7 Å². The molecule has 0 unspecified atom stereocenters. The molecule has 0 aromatic carbocycles. The fourth-order valence-corrected chi connectivity index (χ4v) is 1.19. The Balaban J connectivity index is 3.40. The minimum atomic E-state index is -1.14. The van der Waals surface area contributed by atoms with E-state index in [2.05, 4.69) is 11.5 Å². The van der Waals surface area contributed by atoms with Crippen LogP contribution in [0.3, 0.4) is 0 Å². The second-order valence-corrected chi connectivity index (χ2v) is 3.67. The maximum absolute atomic E-state index is 10.3. The average molecular weight is 218 g/mol. The lowest BCUT2D eigenvalue weighted by molar-refractivity contribution is -0.439. The summed E-state index contributed by atoms with van der Waals surface area (Å²) in [7, 11) is 0. The highest BCUT2D eigenvalue weighted by atomic mass is 16.4. The van der Waals surface area contributed by atoms with E-state index >= 15 is 0 Å². The molecule has 0 aromatic rings. The Labute approximate surface area is 88.3 Å². The molecule has 0 aliphatic rings. The first kappa shape index (κ1) is 13.9. The van der Waals surface area contributed by atoms with E-state index in [4.69, 9.17) is 0 Å². The van der Waals surface area contributed by atoms with Gasteiger partial charge in [-0.15, -0.1) is 0 Å². The van der Waals surface area contributed by atoms with Crippen LogP contribution in [0.25, 0.3) is 0 Å². The number of aliphatic carboxylic acids is 2. The minimum absolute atomic E-state index is 0.468. The highest BCUT2D eigenvalue weighted by molar-refractivity contribution is 5.69. The number of quaternary nitrogens is 2. The zero-order valence-corrected chi connectivity index (χ0v) is 8.74. The van der Waals surface area contributed by atoms with E-state index < -0.39 is 24.0 Å². The van der Waals surface area contributed by atoms with E-state index in [1.165, 1.54) is 0 Å². The first-order valence-electron chi connectivity index (χ1n) is 5.03. The molecule has 0 aliphatic carbocycles. The van der Waals surface area contributed by atoms with Gasteiger partial charge in [0, 0.05) is 12.8 Å². The Morgan fingerprint density at radius 3 is 1.47 bits per heavy atom. The average Bonchev–Trinajstić information content (AvgIpc) is 2.16. The number of hydrogen-bond donors (Lipinski definition) is 2. The zero-order chi connectivity index (χ0) is 11.8. The molecule has 2 atom stereocenters. The predicted molar refractivity (Wildman–Crippen MR) is 46.5 cm³/mol. The molecule has 6 nitrogen and oxygen atoms in total. The summed E-state index contributed by atoms with van der Waals surface area (Å²) in [5.74, 6) is -2.28. The SMILES string of the molecule is [NH3+][C@H](CCCCC[C@H]([NH3+])C(=O)[O-])C(=O)[O-]. The van der Waals surface area contributed by atoms with Gasteiger partial charge >= 0.3 is 0 Å². The summed E-state index contributed by atoms with van der Waals surface area (Å²) < 4.78 is 0. The van der Waals surface area contributed by atoms with Crippen molar-refractivity contribution in [2.24, 2.45) is 0 Å². The Hall–Kier alpha value is -1.14. The van der Waals surface area contributed by atoms with Gasteiger partial charge in [-0.25, -0.2) is 0 Å². The maximum atomic E-state index is 10.3. The van der Waals surface area contributed by atoms with E-state index in [0.717, 1.165) is 6.42 Å². The smallest absolute Gasteiger partial charge is 0.124 e. The van der Waals surface area contributed by atoms with Crippen molar-refractivity contribution >= 4 is 11.9 Å². The van der Waals surface area contributed by atoms with E-state index in [9.17, 15) is 19.8 Å². The second kappa shape index (κ2) is 7.19. The molecule has 6 N–H and O–H groups in total. The van der Waals surface area contributed by atoms with Gasteiger partial charge in [-0.2, -0.15) is 0 Å². The van der Waals surface area contributed by atoms with Crippen LogP contribution in [0.15, 0.2) is 0 Å². The highest BCUT2D eigenvalue weighted by Gasteiger charge is 2.08. The van der Waals surface area contributed by atoms with Gasteiger partial charge in [0.25, 0.3) is 0 Å². The molecule has 6 heteroatoms. The zero-order valence-electron chi connectivity index (χ0n) is 8.74. The summed E-state index contributed by atoms with van der Waals surface area (Å²) in [4.78, 5) is 20.6. The molecular formula is C9H18N2O4. The molecule has 0 spiro atoms. The monoisotopic (exact) mass is 218 g/mol. The van der Waals surface area contributed by atoms with Gasteiger partial charge in [0.1, 0.15) is 12.1 Å². The van der Waals surface area contributed by atoms with Gasteiger partial charge in [0.2, 0.25) is 0 Å². The summed E-state index contributed by atoms with van der Waals surface area (Å²) in [5.41, 5.74) is 6.84. The number of unbranched alkanes of at least 4 members (excludes halogenated alkanes) is 2. The van der Waals surface area contributed by atoms with Gasteiger partial charge in [0.15, 0.2) is 0 Å². The van der Waals surface area contributed by atoms with Crippen molar-refractivity contribution in [2.45, 2.75) is 44.2 Å². The van der Waals surface area contributed by atoms with Crippen LogP contribution in [-0.4, -0.2) is 24.0 Å². The number of carboxylic acid groups (broad SMARTS) is 2. The van der Waals surface area contributed by atoms with Crippen molar-refractivity contribution < 1.29 is 31.3 Å². The lowest BCUT2D eigenvalue weighted by atomic mass is 10.1. The molecule has 0 amide bonds. The summed E-state index contributed by atoms with van der Waals surface area (Å²) in [5, 5.41) is 20.6. The van der Waals surface area contributed by atoms with Crippen molar-refractivity contribution in [3.63, 3.8) is 0 Å². The second-order valence-electron chi connectivity index (χ2n) is 3.67. The number of carbonyl (C=O) groups excluding carboxylic acids is 2. The summed E-state index contributed by atoms with van der Waals surface area (Å²) in [6.45, 7) is 0. The van der Waals surface area contributed by atoms with Crippen LogP contribution in [0.5, 0.6) is 0 Å². The third kappa shape index (κ3) is 6.87. The Morgan fingerprint density at radius 1 is 0.867 bits per heavy atom. The van der Waals surface area contributed by atoms with Crippen LogP contribution in [0, 0.1) is 0 Å². The lowest BCUT2D eigenvalue weighted by Gasteiger charge is -2.10.